The first-order valence-corrected chi connectivity index (χ1v) is 10.5. The van der Waals surface area contributed by atoms with Gasteiger partial charge in [0, 0.05) is 31.0 Å². The van der Waals surface area contributed by atoms with E-state index in [1.807, 2.05) is 44.2 Å². The molecular formula is C22H25N5OS. The van der Waals surface area contributed by atoms with E-state index in [2.05, 4.69) is 38.5 Å². The molecule has 0 atom stereocenters. The van der Waals surface area contributed by atoms with Crippen LogP contribution in [0.15, 0.2) is 72.2 Å². The lowest BCUT2D eigenvalue weighted by atomic mass is 10.2. The van der Waals surface area contributed by atoms with Crippen LogP contribution in [0.4, 0.5) is 0 Å². The molecule has 3 aromatic rings. The van der Waals surface area contributed by atoms with E-state index in [1.165, 1.54) is 11.8 Å². The van der Waals surface area contributed by atoms with Crippen LogP contribution in [0.2, 0.25) is 0 Å². The van der Waals surface area contributed by atoms with Gasteiger partial charge >= 0.3 is 0 Å². The maximum absolute atomic E-state index is 12.6. The van der Waals surface area contributed by atoms with Crippen LogP contribution < -0.4 is 0 Å². The molecule has 0 spiro atoms. The Hall–Kier alpha value is -2.93. The van der Waals surface area contributed by atoms with E-state index in [4.69, 9.17) is 0 Å². The van der Waals surface area contributed by atoms with Gasteiger partial charge in [0.1, 0.15) is 0 Å². The van der Waals surface area contributed by atoms with Crippen molar-refractivity contribution in [2.24, 2.45) is 0 Å². The predicted octanol–water partition coefficient (Wildman–Crippen LogP) is 3.91. The fourth-order valence-electron chi connectivity index (χ4n) is 2.94. The minimum absolute atomic E-state index is 0.0697. The second kappa shape index (κ2) is 10.0. The molecule has 29 heavy (non-hydrogen) atoms. The number of carbonyl (C=O) groups is 1. The second-order valence-electron chi connectivity index (χ2n) is 6.77. The highest BCUT2D eigenvalue weighted by Gasteiger charge is 2.18. The monoisotopic (exact) mass is 407 g/mol. The van der Waals surface area contributed by atoms with Crippen molar-refractivity contribution in [3.05, 3.63) is 72.6 Å². The third-order valence-corrected chi connectivity index (χ3v) is 5.31. The van der Waals surface area contributed by atoms with Crippen LogP contribution in [0.25, 0.3) is 11.4 Å². The standard InChI is InChI=1S/C22H25N5OS/c1-4-26(14-17(2)3)20(28)16-29-22-25-24-21(19-10-12-23-13-11-19)27(22)15-18-8-6-5-7-9-18/h5-13H,2,4,14-16H2,1,3H3. The highest BCUT2D eigenvalue weighted by Crippen LogP contribution is 2.25. The predicted molar refractivity (Wildman–Crippen MR) is 117 cm³/mol. The molecule has 0 fully saturated rings. The summed E-state index contributed by atoms with van der Waals surface area (Å²) >= 11 is 1.41. The summed E-state index contributed by atoms with van der Waals surface area (Å²) in [6.45, 7) is 9.68. The van der Waals surface area contributed by atoms with Crippen molar-refractivity contribution < 1.29 is 4.79 Å². The Bertz CT molecular complexity index is 956. The number of nitrogens with zero attached hydrogens (tertiary/aromatic N) is 5. The third kappa shape index (κ3) is 5.54. The molecule has 0 radical (unpaired) electrons. The molecule has 0 aliphatic heterocycles. The van der Waals surface area contributed by atoms with Crippen molar-refractivity contribution in [1.29, 1.82) is 0 Å². The van der Waals surface area contributed by atoms with Crippen molar-refractivity contribution >= 4 is 17.7 Å². The van der Waals surface area contributed by atoms with Gasteiger partial charge in [-0.3, -0.25) is 14.3 Å². The van der Waals surface area contributed by atoms with Crippen LogP contribution in [0, 0.1) is 0 Å². The summed E-state index contributed by atoms with van der Waals surface area (Å²) < 4.78 is 2.05. The number of hydrogen-bond acceptors (Lipinski definition) is 5. The number of carbonyl (C=O) groups excluding carboxylic acids is 1. The van der Waals surface area contributed by atoms with Gasteiger partial charge in [-0.2, -0.15) is 0 Å². The number of rotatable bonds is 9. The molecule has 1 aromatic carbocycles. The van der Waals surface area contributed by atoms with Crippen LogP contribution in [0.5, 0.6) is 0 Å². The van der Waals surface area contributed by atoms with Gasteiger partial charge in [0.25, 0.3) is 0 Å². The number of likely N-dealkylation sites (N-methyl/N-ethyl adjacent to an activating group) is 1. The Morgan fingerprint density at radius 1 is 1.14 bits per heavy atom. The van der Waals surface area contributed by atoms with Crippen LogP contribution in [-0.4, -0.2) is 49.4 Å². The zero-order valence-corrected chi connectivity index (χ0v) is 17.6. The van der Waals surface area contributed by atoms with Crippen LogP contribution in [0.1, 0.15) is 19.4 Å². The summed E-state index contributed by atoms with van der Waals surface area (Å²) in [5.74, 6) is 1.14. The zero-order chi connectivity index (χ0) is 20.6. The summed E-state index contributed by atoms with van der Waals surface area (Å²) in [5.41, 5.74) is 3.06. The van der Waals surface area contributed by atoms with E-state index in [0.29, 0.717) is 25.4 Å². The van der Waals surface area contributed by atoms with Gasteiger partial charge in [-0.05, 0) is 31.5 Å². The van der Waals surface area contributed by atoms with E-state index in [-0.39, 0.29) is 5.91 Å². The molecular weight excluding hydrogens is 382 g/mol. The average molecular weight is 408 g/mol. The minimum Gasteiger partial charge on any atom is -0.338 e. The van der Waals surface area contributed by atoms with E-state index in [1.54, 1.807) is 17.3 Å². The quantitative estimate of drug-likeness (QED) is 0.398. The molecule has 2 aromatic heterocycles. The highest BCUT2D eigenvalue weighted by molar-refractivity contribution is 7.99. The van der Waals surface area contributed by atoms with Crippen molar-refractivity contribution in [2.75, 3.05) is 18.8 Å². The number of amides is 1. The first-order chi connectivity index (χ1) is 14.1. The van der Waals surface area contributed by atoms with Gasteiger partial charge < -0.3 is 4.90 Å². The largest absolute Gasteiger partial charge is 0.338 e. The van der Waals surface area contributed by atoms with Crippen molar-refractivity contribution in [2.45, 2.75) is 25.5 Å². The fourth-order valence-corrected chi connectivity index (χ4v) is 3.78. The van der Waals surface area contributed by atoms with E-state index < -0.39 is 0 Å². The summed E-state index contributed by atoms with van der Waals surface area (Å²) in [6.07, 6.45) is 3.48. The summed E-state index contributed by atoms with van der Waals surface area (Å²) in [6, 6.07) is 14.0. The van der Waals surface area contributed by atoms with E-state index >= 15 is 0 Å². The maximum atomic E-state index is 12.6. The molecule has 0 bridgehead atoms. The normalized spacial score (nSPS) is 10.7. The van der Waals surface area contributed by atoms with Gasteiger partial charge in [0.05, 0.1) is 12.3 Å². The zero-order valence-electron chi connectivity index (χ0n) is 16.8. The van der Waals surface area contributed by atoms with E-state index in [0.717, 1.165) is 27.7 Å². The fraction of sp³-hybridized carbons (Fsp3) is 0.273. The molecule has 150 valence electrons. The van der Waals surface area contributed by atoms with Crippen molar-refractivity contribution in [3.63, 3.8) is 0 Å². The van der Waals surface area contributed by atoms with Crippen molar-refractivity contribution in [1.82, 2.24) is 24.6 Å². The Labute approximate surface area is 175 Å². The average Bonchev–Trinajstić information content (AvgIpc) is 3.14. The Morgan fingerprint density at radius 3 is 2.52 bits per heavy atom. The van der Waals surface area contributed by atoms with Gasteiger partial charge in [-0.1, -0.05) is 54.2 Å². The first-order valence-electron chi connectivity index (χ1n) is 9.51. The van der Waals surface area contributed by atoms with Crippen molar-refractivity contribution in [3.8, 4) is 11.4 Å². The lowest BCUT2D eigenvalue weighted by Gasteiger charge is -2.20. The van der Waals surface area contributed by atoms with Crippen LogP contribution >= 0.6 is 11.8 Å². The number of aromatic nitrogens is 4. The van der Waals surface area contributed by atoms with Gasteiger partial charge in [0.15, 0.2) is 11.0 Å². The SMILES string of the molecule is C=C(C)CN(CC)C(=O)CSc1nnc(-c2ccncc2)n1Cc1ccccc1. The Morgan fingerprint density at radius 2 is 1.86 bits per heavy atom. The molecule has 0 unspecified atom stereocenters. The molecule has 0 N–H and O–H groups in total. The molecule has 2 heterocycles. The number of thioether (sulfide) groups is 1. The maximum Gasteiger partial charge on any atom is 0.233 e. The second-order valence-corrected chi connectivity index (χ2v) is 7.71. The molecule has 1 amide bonds. The molecule has 6 nitrogen and oxygen atoms in total. The number of hydrogen-bond donors (Lipinski definition) is 0. The first kappa shape index (κ1) is 20.8. The van der Waals surface area contributed by atoms with Gasteiger partial charge in [-0.25, -0.2) is 0 Å². The number of pyridine rings is 1. The molecule has 0 saturated heterocycles. The van der Waals surface area contributed by atoms with Crippen LogP contribution in [-0.2, 0) is 11.3 Å². The smallest absolute Gasteiger partial charge is 0.233 e. The Kier molecular flexibility index (Phi) is 7.19. The molecule has 0 aliphatic rings. The molecule has 0 saturated carbocycles. The van der Waals surface area contributed by atoms with E-state index in [9.17, 15) is 4.79 Å². The number of benzene rings is 1. The highest BCUT2D eigenvalue weighted by atomic mass is 32.2. The van der Waals surface area contributed by atoms with Gasteiger partial charge in [-0.15, -0.1) is 10.2 Å². The summed E-state index contributed by atoms with van der Waals surface area (Å²) in [7, 11) is 0. The molecule has 3 rings (SSSR count). The summed E-state index contributed by atoms with van der Waals surface area (Å²) in [4.78, 5) is 18.5. The molecule has 0 aliphatic carbocycles. The third-order valence-electron chi connectivity index (χ3n) is 4.36. The minimum atomic E-state index is 0.0697. The lowest BCUT2D eigenvalue weighted by Crippen LogP contribution is -2.33. The lowest BCUT2D eigenvalue weighted by molar-refractivity contribution is -0.127. The topological polar surface area (TPSA) is 63.9 Å². The van der Waals surface area contributed by atoms with Gasteiger partial charge in [0.2, 0.25) is 5.91 Å². The molecule has 7 heteroatoms. The van der Waals surface area contributed by atoms with Crippen LogP contribution in [0.3, 0.4) is 0 Å². The summed E-state index contributed by atoms with van der Waals surface area (Å²) in [5, 5.41) is 9.50. The Balaban J connectivity index is 1.83.